The molecule has 0 radical (unpaired) electrons. The topological polar surface area (TPSA) is 27.1 Å². The summed E-state index contributed by atoms with van der Waals surface area (Å²) in [6.45, 7) is 2.67. The van der Waals surface area contributed by atoms with Crippen molar-refractivity contribution in [2.24, 2.45) is 0 Å². The van der Waals surface area contributed by atoms with Crippen LogP contribution in [0.5, 0.6) is 5.75 Å². The van der Waals surface area contributed by atoms with Crippen LogP contribution >= 0.6 is 46.9 Å². The van der Waals surface area contributed by atoms with Crippen molar-refractivity contribution in [2.75, 3.05) is 12.4 Å². The molecule has 0 bridgehead atoms. The number of hydrogen-bond donors (Lipinski definition) is 0. The number of ether oxygens (including phenoxy) is 1. The van der Waals surface area contributed by atoms with Gasteiger partial charge in [0.05, 0.1) is 12.3 Å². The zero-order chi connectivity index (χ0) is 16.9. The lowest BCUT2D eigenvalue weighted by molar-refractivity contribution is 0.341. The molecule has 0 spiro atoms. The lowest BCUT2D eigenvalue weighted by Gasteiger charge is -2.07. The second-order valence-corrected chi connectivity index (χ2v) is 8.39. The first-order valence-electron chi connectivity index (χ1n) is 7.31. The van der Waals surface area contributed by atoms with Crippen LogP contribution in [0.15, 0.2) is 52.9 Å². The van der Waals surface area contributed by atoms with Crippen molar-refractivity contribution in [2.45, 2.75) is 11.3 Å². The van der Waals surface area contributed by atoms with Gasteiger partial charge in [-0.1, -0.05) is 52.9 Å². The first kappa shape index (κ1) is 17.5. The zero-order valence-electron chi connectivity index (χ0n) is 12.9. The van der Waals surface area contributed by atoms with Gasteiger partial charge in [-0.3, -0.25) is 0 Å². The van der Waals surface area contributed by atoms with Crippen LogP contribution in [0.1, 0.15) is 5.56 Å². The molecule has 0 aliphatic rings. The van der Waals surface area contributed by atoms with Crippen molar-refractivity contribution in [3.05, 3.63) is 63.1 Å². The van der Waals surface area contributed by atoms with E-state index in [2.05, 4.69) is 5.10 Å². The van der Waals surface area contributed by atoms with Crippen LogP contribution in [0.25, 0.3) is 5.69 Å². The Balaban J connectivity index is 1.59. The molecule has 1 heterocycles. The van der Waals surface area contributed by atoms with Gasteiger partial charge >= 0.3 is 0 Å². The number of hydrogen-bond acceptors (Lipinski definition) is 5. The third kappa shape index (κ3) is 4.39. The van der Waals surface area contributed by atoms with Gasteiger partial charge in [-0.15, -0.1) is 5.10 Å². The summed E-state index contributed by atoms with van der Waals surface area (Å²) in [7, 11) is 0. The second kappa shape index (κ2) is 8.16. The van der Waals surface area contributed by atoms with Crippen LogP contribution in [-0.2, 0) is 0 Å². The van der Waals surface area contributed by atoms with E-state index < -0.39 is 0 Å². The van der Waals surface area contributed by atoms with E-state index in [1.807, 2.05) is 55.5 Å². The molecule has 0 unspecified atom stereocenters. The number of nitrogens with zero attached hydrogens (tertiary/aromatic N) is 2. The molecular weight excluding hydrogens is 380 g/mol. The molecule has 0 aliphatic carbocycles. The Bertz CT molecular complexity index is 874. The van der Waals surface area contributed by atoms with Gasteiger partial charge in [0.2, 0.25) is 0 Å². The summed E-state index contributed by atoms with van der Waals surface area (Å²) in [6, 6.07) is 15.5. The minimum Gasteiger partial charge on any atom is -0.492 e. The van der Waals surface area contributed by atoms with Gasteiger partial charge in [0.15, 0.2) is 8.29 Å². The van der Waals surface area contributed by atoms with Crippen molar-refractivity contribution in [3.63, 3.8) is 0 Å². The predicted octanol–water partition coefficient (Wildman–Crippen LogP) is 5.80. The van der Waals surface area contributed by atoms with E-state index in [4.69, 9.17) is 28.6 Å². The van der Waals surface area contributed by atoms with E-state index in [1.54, 1.807) is 16.4 Å². The summed E-state index contributed by atoms with van der Waals surface area (Å²) in [6.07, 6.45) is 0. The van der Waals surface area contributed by atoms with E-state index in [-0.39, 0.29) is 0 Å². The number of aryl methyl sites for hydroxylation is 1. The minimum absolute atomic E-state index is 0.628. The van der Waals surface area contributed by atoms with E-state index in [9.17, 15) is 0 Å². The maximum atomic E-state index is 5.92. The molecule has 3 aromatic rings. The van der Waals surface area contributed by atoms with Gasteiger partial charge in [-0.05, 0) is 55.0 Å². The highest BCUT2D eigenvalue weighted by molar-refractivity contribution is 8.01. The fourth-order valence-corrected chi connectivity index (χ4v) is 4.44. The molecular formula is C17H15ClN2OS3. The summed E-state index contributed by atoms with van der Waals surface area (Å²) < 4.78 is 9.22. The van der Waals surface area contributed by atoms with Crippen LogP contribution in [0.2, 0.25) is 5.02 Å². The Morgan fingerprint density at radius 3 is 2.71 bits per heavy atom. The lowest BCUT2D eigenvalue weighted by Crippen LogP contribution is -2.01. The Labute approximate surface area is 159 Å². The molecule has 0 amide bonds. The van der Waals surface area contributed by atoms with Crippen molar-refractivity contribution >= 4 is 46.9 Å². The number of aromatic nitrogens is 2. The van der Waals surface area contributed by atoms with Gasteiger partial charge in [0, 0.05) is 10.8 Å². The molecule has 7 heteroatoms. The number of benzene rings is 2. The van der Waals surface area contributed by atoms with E-state index in [0.717, 1.165) is 31.0 Å². The summed E-state index contributed by atoms with van der Waals surface area (Å²) in [5, 5.41) is 5.26. The lowest BCUT2D eigenvalue weighted by atomic mass is 10.2. The maximum Gasteiger partial charge on any atom is 0.184 e. The van der Waals surface area contributed by atoms with Crippen LogP contribution in [0, 0.1) is 10.9 Å². The van der Waals surface area contributed by atoms with E-state index >= 15 is 0 Å². The largest absolute Gasteiger partial charge is 0.492 e. The first-order valence-corrected chi connectivity index (χ1v) is 9.89. The summed E-state index contributed by atoms with van der Waals surface area (Å²) >= 11 is 14.5. The highest BCUT2D eigenvalue weighted by atomic mass is 35.5. The number of rotatable bonds is 6. The molecule has 0 atom stereocenters. The van der Waals surface area contributed by atoms with Gasteiger partial charge in [-0.25, -0.2) is 4.68 Å². The van der Waals surface area contributed by atoms with Crippen LogP contribution in [0.3, 0.4) is 0 Å². The Kier molecular flexibility index (Phi) is 5.94. The van der Waals surface area contributed by atoms with E-state index in [0.29, 0.717) is 11.6 Å². The Hall–Kier alpha value is -1.34. The van der Waals surface area contributed by atoms with E-state index in [1.165, 1.54) is 11.3 Å². The molecule has 0 fully saturated rings. The average molecular weight is 395 g/mol. The molecule has 0 saturated carbocycles. The van der Waals surface area contributed by atoms with Crippen LogP contribution in [0.4, 0.5) is 0 Å². The van der Waals surface area contributed by atoms with Gasteiger partial charge < -0.3 is 4.74 Å². The quantitative estimate of drug-likeness (QED) is 0.300. The van der Waals surface area contributed by atoms with Gasteiger partial charge in [0.1, 0.15) is 5.75 Å². The summed E-state index contributed by atoms with van der Waals surface area (Å²) in [4.78, 5) is 0. The van der Waals surface area contributed by atoms with Crippen molar-refractivity contribution < 1.29 is 4.74 Å². The Morgan fingerprint density at radius 1 is 1.21 bits per heavy atom. The summed E-state index contributed by atoms with van der Waals surface area (Å²) in [5.41, 5.74) is 2.06. The molecule has 2 aromatic carbocycles. The fourth-order valence-electron chi connectivity index (χ4n) is 2.06. The fraction of sp³-hybridized carbons (Fsp3) is 0.176. The third-order valence-corrected chi connectivity index (χ3v) is 5.84. The van der Waals surface area contributed by atoms with Crippen molar-refractivity contribution in [3.8, 4) is 11.4 Å². The Morgan fingerprint density at radius 2 is 1.96 bits per heavy atom. The monoisotopic (exact) mass is 394 g/mol. The standard InChI is InChI=1S/C17H15ClN2OS3/c1-12-4-2-3-5-15(12)21-10-11-23-16-19-20(17(22)24-16)14-8-6-13(18)7-9-14/h2-9H,10-11H2,1H3. The zero-order valence-corrected chi connectivity index (χ0v) is 16.1. The molecule has 24 heavy (non-hydrogen) atoms. The molecule has 0 aliphatic heterocycles. The molecule has 3 rings (SSSR count). The summed E-state index contributed by atoms with van der Waals surface area (Å²) in [5.74, 6) is 1.74. The molecule has 0 N–H and O–H groups in total. The number of para-hydroxylation sites is 1. The highest BCUT2D eigenvalue weighted by Gasteiger charge is 2.07. The number of halogens is 1. The van der Waals surface area contributed by atoms with Gasteiger partial charge in [0.25, 0.3) is 0 Å². The average Bonchev–Trinajstić information content (AvgIpc) is 2.95. The van der Waals surface area contributed by atoms with Crippen molar-refractivity contribution in [1.82, 2.24) is 9.78 Å². The maximum absolute atomic E-state index is 5.92. The van der Waals surface area contributed by atoms with Crippen molar-refractivity contribution in [1.29, 1.82) is 0 Å². The number of thioether (sulfide) groups is 1. The van der Waals surface area contributed by atoms with Gasteiger partial charge in [-0.2, -0.15) is 0 Å². The molecule has 0 saturated heterocycles. The molecule has 3 nitrogen and oxygen atoms in total. The highest BCUT2D eigenvalue weighted by Crippen LogP contribution is 2.25. The normalized spacial score (nSPS) is 10.8. The second-order valence-electron chi connectivity index (χ2n) is 4.98. The first-order chi connectivity index (χ1) is 11.6. The predicted molar refractivity (Wildman–Crippen MR) is 105 cm³/mol. The smallest absolute Gasteiger partial charge is 0.184 e. The molecule has 124 valence electrons. The minimum atomic E-state index is 0.628. The van der Waals surface area contributed by atoms with Crippen LogP contribution in [-0.4, -0.2) is 22.1 Å². The third-order valence-electron chi connectivity index (χ3n) is 3.26. The SMILES string of the molecule is Cc1ccccc1OCCSc1nn(-c2ccc(Cl)cc2)c(=S)s1. The van der Waals surface area contributed by atoms with Crippen LogP contribution < -0.4 is 4.74 Å². The molecule has 1 aromatic heterocycles.